The zero-order valence-electron chi connectivity index (χ0n) is 9.35. The molecule has 0 aromatic heterocycles. The molecule has 0 bridgehead atoms. The van der Waals surface area contributed by atoms with Gasteiger partial charge in [-0.05, 0) is 18.4 Å². The van der Waals surface area contributed by atoms with Gasteiger partial charge in [0, 0.05) is 0 Å². The number of nitrogens with one attached hydrogen (secondary N) is 1. The third-order valence-corrected chi connectivity index (χ3v) is 2.77. The van der Waals surface area contributed by atoms with Crippen molar-refractivity contribution in [2.75, 3.05) is 6.26 Å². The first kappa shape index (κ1) is 15.6. The number of alkyl halides is 3. The lowest BCUT2D eigenvalue weighted by Crippen LogP contribution is -2.13. The first-order valence-electron chi connectivity index (χ1n) is 4.63. The van der Waals surface area contributed by atoms with E-state index in [4.69, 9.17) is 16.9 Å². The monoisotopic (exact) mass is 311 g/mol. The lowest BCUT2D eigenvalue weighted by molar-refractivity contribution is -0.137. The third kappa shape index (κ3) is 4.01. The predicted molar refractivity (Wildman–Crippen MR) is 65.8 cm³/mol. The van der Waals surface area contributed by atoms with E-state index in [1.54, 1.807) is 0 Å². The van der Waals surface area contributed by atoms with Crippen LogP contribution < -0.4 is 5.32 Å². The summed E-state index contributed by atoms with van der Waals surface area (Å²) in [6.45, 7) is 0. The van der Waals surface area contributed by atoms with Crippen molar-refractivity contribution in [3.63, 3.8) is 0 Å². The fourth-order valence-electron chi connectivity index (χ4n) is 1.10. The van der Waals surface area contributed by atoms with Gasteiger partial charge in [-0.15, -0.1) is 0 Å². The van der Waals surface area contributed by atoms with Gasteiger partial charge in [0.05, 0.1) is 10.6 Å². The van der Waals surface area contributed by atoms with Gasteiger partial charge in [-0.1, -0.05) is 23.4 Å². The first-order chi connectivity index (χ1) is 8.79. The van der Waals surface area contributed by atoms with Gasteiger partial charge in [0.15, 0.2) is 17.2 Å². The average Bonchev–Trinajstić information content (AvgIpc) is 2.32. The van der Waals surface area contributed by atoms with Crippen molar-refractivity contribution in [2.45, 2.75) is 6.18 Å². The number of hydrogen-bond acceptors (Lipinski definition) is 3. The molecule has 0 unspecified atom stereocenters. The molecule has 0 atom stereocenters. The number of amidine groups is 1. The van der Waals surface area contributed by atoms with Gasteiger partial charge in [-0.2, -0.15) is 18.4 Å². The summed E-state index contributed by atoms with van der Waals surface area (Å²) in [4.78, 5) is 3.59. The van der Waals surface area contributed by atoms with Crippen LogP contribution in [0.1, 0.15) is 5.56 Å². The molecule has 1 aromatic carbocycles. The number of aliphatic imine (C=N–C) groups is 1. The van der Waals surface area contributed by atoms with Crippen molar-refractivity contribution in [2.24, 2.45) is 4.99 Å². The smallest absolute Gasteiger partial charge is 0.271 e. The number of halogens is 5. The van der Waals surface area contributed by atoms with Gasteiger partial charge in [0.25, 0.3) is 0 Å². The largest absolute Gasteiger partial charge is 0.416 e. The van der Waals surface area contributed by atoms with Crippen LogP contribution in [-0.4, -0.2) is 11.4 Å². The third-order valence-electron chi connectivity index (χ3n) is 1.91. The van der Waals surface area contributed by atoms with Gasteiger partial charge in [-0.25, -0.2) is 9.38 Å². The molecule has 0 amide bonds. The van der Waals surface area contributed by atoms with Gasteiger partial charge in [0.2, 0.25) is 0 Å². The summed E-state index contributed by atoms with van der Waals surface area (Å²) >= 11 is 6.33. The molecular formula is C10H6ClF4N3S. The van der Waals surface area contributed by atoms with Crippen LogP contribution in [0.3, 0.4) is 0 Å². The summed E-state index contributed by atoms with van der Waals surface area (Å²) in [5.41, 5.74) is -1.71. The molecule has 19 heavy (non-hydrogen) atoms. The summed E-state index contributed by atoms with van der Waals surface area (Å²) in [5, 5.41) is 9.78. The van der Waals surface area contributed by atoms with Crippen LogP contribution in [0.5, 0.6) is 0 Å². The molecule has 0 radical (unpaired) electrons. The van der Waals surface area contributed by atoms with E-state index < -0.39 is 28.3 Å². The van der Waals surface area contributed by atoms with Crippen LogP contribution in [0.25, 0.3) is 0 Å². The van der Waals surface area contributed by atoms with Crippen molar-refractivity contribution >= 4 is 34.2 Å². The van der Waals surface area contributed by atoms with E-state index in [-0.39, 0.29) is 5.17 Å². The Morgan fingerprint density at radius 3 is 2.58 bits per heavy atom. The Kier molecular flexibility index (Phi) is 5.03. The molecule has 0 heterocycles. The second-order valence-corrected chi connectivity index (χ2v) is 4.35. The van der Waals surface area contributed by atoms with Crippen LogP contribution in [-0.2, 0) is 6.18 Å². The standard InChI is InChI=1S/C10H6ClF4N3S/c1-19-9(17-4-16)18-7-3-5(10(13,14)15)2-6(11)8(7)12/h2-3H,1H3,(H,17,18). The highest BCUT2D eigenvalue weighted by Crippen LogP contribution is 2.36. The quantitative estimate of drug-likeness (QED) is 0.281. The Morgan fingerprint density at radius 1 is 1.47 bits per heavy atom. The van der Waals surface area contributed by atoms with Crippen LogP contribution >= 0.6 is 23.4 Å². The first-order valence-corrected chi connectivity index (χ1v) is 6.24. The van der Waals surface area contributed by atoms with Crippen molar-refractivity contribution in [3.8, 4) is 6.19 Å². The molecule has 0 saturated heterocycles. The fourth-order valence-corrected chi connectivity index (χ4v) is 1.65. The minimum atomic E-state index is -4.66. The molecule has 102 valence electrons. The number of nitrogens with zero attached hydrogens (tertiary/aromatic N) is 2. The van der Waals surface area contributed by atoms with Gasteiger partial charge >= 0.3 is 6.18 Å². The zero-order valence-corrected chi connectivity index (χ0v) is 10.9. The van der Waals surface area contributed by atoms with Crippen molar-refractivity contribution in [1.29, 1.82) is 5.26 Å². The minimum absolute atomic E-state index is 0.0446. The molecular weight excluding hydrogens is 306 g/mol. The van der Waals surface area contributed by atoms with Crippen molar-refractivity contribution in [1.82, 2.24) is 5.32 Å². The van der Waals surface area contributed by atoms with Crippen molar-refractivity contribution < 1.29 is 17.6 Å². The van der Waals surface area contributed by atoms with Crippen LogP contribution in [0.4, 0.5) is 23.2 Å². The predicted octanol–water partition coefficient (Wildman–Crippen LogP) is 3.92. The molecule has 1 N–H and O–H groups in total. The van der Waals surface area contributed by atoms with E-state index in [1.165, 1.54) is 12.4 Å². The Labute approximate surface area is 115 Å². The Morgan fingerprint density at radius 2 is 2.11 bits per heavy atom. The molecule has 0 aliphatic heterocycles. The molecule has 9 heteroatoms. The summed E-state index contributed by atoms with van der Waals surface area (Å²) in [6, 6.07) is 1.00. The molecule has 1 aromatic rings. The molecule has 0 aliphatic rings. The SMILES string of the molecule is CSC(=Nc1cc(C(F)(F)F)cc(Cl)c1F)NC#N. The Hall–Kier alpha value is -1.46. The highest BCUT2D eigenvalue weighted by atomic mass is 35.5. The maximum Gasteiger partial charge on any atom is 0.416 e. The lowest BCUT2D eigenvalue weighted by Gasteiger charge is -2.09. The number of hydrogen-bond donors (Lipinski definition) is 1. The molecule has 0 spiro atoms. The number of rotatable bonds is 1. The molecule has 3 nitrogen and oxygen atoms in total. The van der Waals surface area contributed by atoms with E-state index in [1.807, 2.05) is 0 Å². The van der Waals surface area contributed by atoms with Gasteiger partial charge in [-0.3, -0.25) is 5.32 Å². The normalized spacial score (nSPS) is 12.2. The van der Waals surface area contributed by atoms with Crippen LogP contribution in [0.15, 0.2) is 17.1 Å². The second kappa shape index (κ2) is 6.12. The van der Waals surface area contributed by atoms with E-state index in [2.05, 4.69) is 10.3 Å². The topological polar surface area (TPSA) is 48.2 Å². The van der Waals surface area contributed by atoms with E-state index in [9.17, 15) is 17.6 Å². The molecule has 0 saturated carbocycles. The minimum Gasteiger partial charge on any atom is -0.271 e. The molecule has 0 fully saturated rings. The highest BCUT2D eigenvalue weighted by molar-refractivity contribution is 8.13. The number of thioether (sulfide) groups is 1. The van der Waals surface area contributed by atoms with Gasteiger partial charge in [0.1, 0.15) is 5.69 Å². The maximum absolute atomic E-state index is 13.6. The average molecular weight is 312 g/mol. The lowest BCUT2D eigenvalue weighted by atomic mass is 10.2. The fraction of sp³-hybridized carbons (Fsp3) is 0.200. The molecule has 1 rings (SSSR count). The highest BCUT2D eigenvalue weighted by Gasteiger charge is 2.32. The zero-order chi connectivity index (χ0) is 14.6. The molecule has 0 aliphatic carbocycles. The van der Waals surface area contributed by atoms with Crippen LogP contribution in [0, 0.1) is 17.3 Å². The van der Waals surface area contributed by atoms with Crippen LogP contribution in [0.2, 0.25) is 5.02 Å². The number of nitriles is 1. The van der Waals surface area contributed by atoms with E-state index >= 15 is 0 Å². The van der Waals surface area contributed by atoms with E-state index in [0.717, 1.165) is 11.8 Å². The second-order valence-electron chi connectivity index (χ2n) is 3.15. The Balaban J connectivity index is 3.35. The summed E-state index contributed by atoms with van der Waals surface area (Å²) < 4.78 is 51.2. The van der Waals surface area contributed by atoms with Crippen molar-refractivity contribution in [3.05, 3.63) is 28.5 Å². The summed E-state index contributed by atoms with van der Waals surface area (Å²) in [6.07, 6.45) is -1.60. The number of benzene rings is 1. The summed E-state index contributed by atoms with van der Waals surface area (Å²) in [7, 11) is 0. The maximum atomic E-state index is 13.6. The Bertz CT molecular complexity index is 551. The van der Waals surface area contributed by atoms with Gasteiger partial charge < -0.3 is 0 Å². The van der Waals surface area contributed by atoms with E-state index in [0.29, 0.717) is 12.1 Å². The summed E-state index contributed by atoms with van der Waals surface area (Å²) in [5.74, 6) is -1.08.